The average molecular weight is 279 g/mol. The molecule has 0 aliphatic carbocycles. The van der Waals surface area contributed by atoms with Crippen LogP contribution >= 0.6 is 0 Å². The maximum atomic E-state index is 11.7. The number of amides is 2. The molecule has 2 amide bonds. The van der Waals surface area contributed by atoms with Gasteiger partial charge < -0.3 is 21.1 Å². The molecular formula is C14H21N3O3. The molecule has 0 bridgehead atoms. The maximum absolute atomic E-state index is 11.7. The second kappa shape index (κ2) is 8.16. The maximum Gasteiger partial charge on any atom is 0.255 e. The number of hydrogen-bond donors (Lipinski definition) is 3. The third-order valence-corrected chi connectivity index (χ3v) is 2.72. The van der Waals surface area contributed by atoms with Crippen LogP contribution in [0, 0.1) is 0 Å². The van der Waals surface area contributed by atoms with Gasteiger partial charge in [-0.3, -0.25) is 9.59 Å². The van der Waals surface area contributed by atoms with Crippen LogP contribution in [0.1, 0.15) is 20.3 Å². The lowest BCUT2D eigenvalue weighted by molar-refractivity contribution is -0.120. The molecule has 6 nitrogen and oxygen atoms in total. The van der Waals surface area contributed by atoms with E-state index in [4.69, 9.17) is 10.5 Å². The lowest BCUT2D eigenvalue weighted by atomic mass is 10.2. The van der Waals surface area contributed by atoms with Gasteiger partial charge in [0.2, 0.25) is 5.91 Å². The van der Waals surface area contributed by atoms with Crippen molar-refractivity contribution in [3.8, 4) is 5.75 Å². The topological polar surface area (TPSA) is 93.4 Å². The normalized spacial score (nSPS) is 11.7. The standard InChI is InChI=1S/C14H21N3O3/c1-3-10(2)16-8-14(19)17-11-5-4-6-12(7-11)20-9-13(15)18/h4-7,10,16H,3,8-9H2,1-2H3,(H2,15,18)(H,17,19). The minimum atomic E-state index is -0.544. The van der Waals surface area contributed by atoms with Crippen molar-refractivity contribution in [3.63, 3.8) is 0 Å². The fourth-order valence-electron chi connectivity index (χ4n) is 1.43. The molecule has 0 aliphatic rings. The van der Waals surface area contributed by atoms with Crippen molar-refractivity contribution in [1.29, 1.82) is 0 Å². The first-order valence-electron chi connectivity index (χ1n) is 6.55. The molecule has 0 spiro atoms. The summed E-state index contributed by atoms with van der Waals surface area (Å²) in [6, 6.07) is 7.11. The fourth-order valence-corrected chi connectivity index (χ4v) is 1.43. The van der Waals surface area contributed by atoms with Crippen LogP contribution in [0.15, 0.2) is 24.3 Å². The Balaban J connectivity index is 2.48. The lowest BCUT2D eigenvalue weighted by Gasteiger charge is -2.12. The molecule has 1 atom stereocenters. The Labute approximate surface area is 118 Å². The predicted octanol–water partition coefficient (Wildman–Crippen LogP) is 0.877. The van der Waals surface area contributed by atoms with Crippen LogP contribution in [-0.4, -0.2) is 31.0 Å². The minimum Gasteiger partial charge on any atom is -0.484 e. The highest BCUT2D eigenvalue weighted by Crippen LogP contribution is 2.17. The van der Waals surface area contributed by atoms with E-state index < -0.39 is 5.91 Å². The number of nitrogens with two attached hydrogens (primary N) is 1. The second-order valence-electron chi connectivity index (χ2n) is 4.52. The van der Waals surface area contributed by atoms with E-state index >= 15 is 0 Å². The van der Waals surface area contributed by atoms with Gasteiger partial charge in [0, 0.05) is 17.8 Å². The summed E-state index contributed by atoms with van der Waals surface area (Å²) in [5.74, 6) is -0.189. The van der Waals surface area contributed by atoms with Crippen LogP contribution in [-0.2, 0) is 9.59 Å². The average Bonchev–Trinajstić information content (AvgIpc) is 2.43. The highest BCUT2D eigenvalue weighted by Gasteiger charge is 2.05. The second-order valence-corrected chi connectivity index (χ2v) is 4.52. The van der Waals surface area contributed by atoms with E-state index in [-0.39, 0.29) is 19.1 Å². The Bertz CT molecular complexity index is 463. The molecule has 6 heteroatoms. The van der Waals surface area contributed by atoms with Crippen LogP contribution in [0.2, 0.25) is 0 Å². The number of anilines is 1. The molecule has 1 rings (SSSR count). The number of carbonyl (C=O) groups excluding carboxylic acids is 2. The number of hydrogen-bond acceptors (Lipinski definition) is 4. The number of nitrogens with one attached hydrogen (secondary N) is 2. The third kappa shape index (κ3) is 6.19. The summed E-state index contributed by atoms with van der Waals surface area (Å²) in [5.41, 5.74) is 5.61. The monoisotopic (exact) mass is 279 g/mol. The van der Waals surface area contributed by atoms with E-state index in [1.807, 2.05) is 6.92 Å². The van der Waals surface area contributed by atoms with Crippen molar-refractivity contribution in [2.45, 2.75) is 26.3 Å². The van der Waals surface area contributed by atoms with Crippen molar-refractivity contribution in [1.82, 2.24) is 5.32 Å². The highest BCUT2D eigenvalue weighted by molar-refractivity contribution is 5.92. The summed E-state index contributed by atoms with van der Waals surface area (Å²) in [6.07, 6.45) is 0.962. The van der Waals surface area contributed by atoms with E-state index in [0.717, 1.165) is 6.42 Å². The molecule has 0 radical (unpaired) electrons. The molecular weight excluding hydrogens is 258 g/mol. The van der Waals surface area contributed by atoms with Crippen LogP contribution < -0.4 is 21.1 Å². The van der Waals surface area contributed by atoms with Gasteiger partial charge >= 0.3 is 0 Å². The Morgan fingerprint density at radius 2 is 2.15 bits per heavy atom. The molecule has 1 aromatic carbocycles. The number of rotatable bonds is 8. The molecule has 0 heterocycles. The Morgan fingerprint density at radius 1 is 1.40 bits per heavy atom. The molecule has 0 saturated heterocycles. The SMILES string of the molecule is CCC(C)NCC(=O)Nc1cccc(OCC(N)=O)c1. The van der Waals surface area contributed by atoms with Crippen molar-refractivity contribution < 1.29 is 14.3 Å². The van der Waals surface area contributed by atoms with E-state index in [2.05, 4.69) is 17.6 Å². The lowest BCUT2D eigenvalue weighted by Crippen LogP contribution is -2.33. The molecule has 110 valence electrons. The van der Waals surface area contributed by atoms with Gasteiger partial charge in [0.05, 0.1) is 6.54 Å². The van der Waals surface area contributed by atoms with E-state index in [0.29, 0.717) is 17.5 Å². The molecule has 20 heavy (non-hydrogen) atoms. The Hall–Kier alpha value is -2.08. The van der Waals surface area contributed by atoms with E-state index in [1.165, 1.54) is 0 Å². The molecule has 1 unspecified atom stereocenters. The van der Waals surface area contributed by atoms with Gasteiger partial charge in [0.25, 0.3) is 5.91 Å². The summed E-state index contributed by atoms with van der Waals surface area (Å²) in [4.78, 5) is 22.4. The first kappa shape index (κ1) is 16.0. The number of carbonyl (C=O) groups is 2. The number of primary amides is 1. The van der Waals surface area contributed by atoms with Gasteiger partial charge in [0.1, 0.15) is 5.75 Å². The summed E-state index contributed by atoms with van der Waals surface area (Å²) < 4.78 is 5.16. The van der Waals surface area contributed by atoms with Gasteiger partial charge in [-0.1, -0.05) is 13.0 Å². The quantitative estimate of drug-likeness (QED) is 0.658. The van der Waals surface area contributed by atoms with Crippen molar-refractivity contribution >= 4 is 17.5 Å². The smallest absolute Gasteiger partial charge is 0.255 e. The van der Waals surface area contributed by atoms with Gasteiger partial charge in [-0.05, 0) is 25.5 Å². The molecule has 1 aromatic rings. The number of benzene rings is 1. The van der Waals surface area contributed by atoms with Crippen LogP contribution in [0.5, 0.6) is 5.75 Å². The first-order chi connectivity index (χ1) is 9.51. The zero-order chi connectivity index (χ0) is 15.0. The van der Waals surface area contributed by atoms with Gasteiger partial charge in [0.15, 0.2) is 6.61 Å². The highest BCUT2D eigenvalue weighted by atomic mass is 16.5. The summed E-state index contributed by atoms with van der Waals surface area (Å²) in [7, 11) is 0. The predicted molar refractivity (Wildman–Crippen MR) is 77.5 cm³/mol. The van der Waals surface area contributed by atoms with Crippen LogP contribution in [0.25, 0.3) is 0 Å². The zero-order valence-corrected chi connectivity index (χ0v) is 11.8. The van der Waals surface area contributed by atoms with Gasteiger partial charge in [-0.25, -0.2) is 0 Å². The summed E-state index contributed by atoms with van der Waals surface area (Å²) in [5, 5.41) is 5.85. The summed E-state index contributed by atoms with van der Waals surface area (Å²) in [6.45, 7) is 4.13. The van der Waals surface area contributed by atoms with Crippen LogP contribution in [0.3, 0.4) is 0 Å². The van der Waals surface area contributed by atoms with Gasteiger partial charge in [-0.2, -0.15) is 0 Å². The molecule has 0 fully saturated rings. The first-order valence-corrected chi connectivity index (χ1v) is 6.55. The zero-order valence-electron chi connectivity index (χ0n) is 11.8. The van der Waals surface area contributed by atoms with E-state index in [1.54, 1.807) is 24.3 Å². The Kier molecular flexibility index (Phi) is 6.52. The van der Waals surface area contributed by atoms with Crippen molar-refractivity contribution in [3.05, 3.63) is 24.3 Å². The summed E-state index contributed by atoms with van der Waals surface area (Å²) >= 11 is 0. The van der Waals surface area contributed by atoms with Gasteiger partial charge in [-0.15, -0.1) is 0 Å². The van der Waals surface area contributed by atoms with Crippen molar-refractivity contribution in [2.75, 3.05) is 18.5 Å². The molecule has 0 aliphatic heterocycles. The van der Waals surface area contributed by atoms with Crippen molar-refractivity contribution in [2.24, 2.45) is 5.73 Å². The largest absolute Gasteiger partial charge is 0.484 e. The van der Waals surface area contributed by atoms with E-state index in [9.17, 15) is 9.59 Å². The third-order valence-electron chi connectivity index (χ3n) is 2.72. The minimum absolute atomic E-state index is 0.127. The fraction of sp³-hybridized carbons (Fsp3) is 0.429. The van der Waals surface area contributed by atoms with Crippen LogP contribution in [0.4, 0.5) is 5.69 Å². The number of ether oxygens (including phenoxy) is 1. The Morgan fingerprint density at radius 3 is 2.80 bits per heavy atom. The molecule has 4 N–H and O–H groups in total. The molecule has 0 aromatic heterocycles. The molecule has 0 saturated carbocycles.